The van der Waals surface area contributed by atoms with Gasteiger partial charge in [0.25, 0.3) is 0 Å². The number of ether oxygens (including phenoxy) is 4. The number of hydrogen-bond donors (Lipinski definition) is 0. The van der Waals surface area contributed by atoms with Crippen molar-refractivity contribution in [1.82, 2.24) is 0 Å². The van der Waals surface area contributed by atoms with Crippen molar-refractivity contribution < 1.29 is 42.3 Å². The summed E-state index contributed by atoms with van der Waals surface area (Å²) in [7, 11) is 4.28. The van der Waals surface area contributed by atoms with Gasteiger partial charge in [-0.05, 0) is 24.0 Å². The normalized spacial score (nSPS) is 25.8. The molecular weight excluding hydrogens is 596 g/mol. The predicted octanol–water partition coefficient (Wildman–Crippen LogP) is 5.25. The molecule has 4 fully saturated rings. The van der Waals surface area contributed by atoms with Gasteiger partial charge in [-0.2, -0.15) is 0 Å². The maximum absolute atomic E-state index is 14.5. The molecule has 2 aromatic rings. The Morgan fingerprint density at radius 1 is 0.723 bits per heavy atom. The second-order valence-corrected chi connectivity index (χ2v) is 14.8. The van der Waals surface area contributed by atoms with E-state index in [9.17, 15) is 14.4 Å². The van der Waals surface area contributed by atoms with E-state index in [1.807, 2.05) is 60.7 Å². The Labute approximate surface area is 279 Å². The lowest BCUT2D eigenvalue weighted by Gasteiger charge is -2.47. The maximum Gasteiger partial charge on any atom is 0.348 e. The minimum Gasteiger partial charge on any atom is -0.459 e. The third-order valence-electron chi connectivity index (χ3n) is 11.2. The number of quaternary nitrogens is 2. The Morgan fingerprint density at radius 2 is 1.30 bits per heavy atom. The van der Waals surface area contributed by atoms with Crippen molar-refractivity contribution >= 4 is 17.9 Å². The van der Waals surface area contributed by atoms with Crippen molar-refractivity contribution in [2.45, 2.75) is 101 Å². The molecule has 9 heteroatoms. The van der Waals surface area contributed by atoms with Crippen molar-refractivity contribution in [3.63, 3.8) is 0 Å². The highest BCUT2D eigenvalue weighted by atomic mass is 16.7. The zero-order valence-electron chi connectivity index (χ0n) is 28.1. The molecule has 47 heavy (non-hydrogen) atoms. The Balaban J connectivity index is 1.07. The molecule has 4 saturated heterocycles. The molecule has 0 radical (unpaired) electrons. The molecule has 0 saturated carbocycles. The van der Waals surface area contributed by atoms with Crippen molar-refractivity contribution in [1.29, 1.82) is 0 Å². The Bertz CT molecular complexity index is 1320. The van der Waals surface area contributed by atoms with Gasteiger partial charge in [-0.25, -0.2) is 4.79 Å². The van der Waals surface area contributed by atoms with Gasteiger partial charge in [0.05, 0.1) is 45.8 Å². The van der Waals surface area contributed by atoms with E-state index in [1.165, 1.54) is 43.3 Å². The second kappa shape index (κ2) is 14.5. The van der Waals surface area contributed by atoms with E-state index in [0.717, 1.165) is 36.8 Å². The van der Waals surface area contributed by atoms with Crippen LogP contribution in [0.25, 0.3) is 0 Å². The molecule has 2 aromatic carbocycles. The van der Waals surface area contributed by atoms with Crippen LogP contribution in [-0.4, -0.2) is 98.2 Å². The number of carbonyl (C=O) groups is 3. The first-order chi connectivity index (χ1) is 22.7. The summed E-state index contributed by atoms with van der Waals surface area (Å²) in [6.07, 6.45) is 8.86. The largest absolute Gasteiger partial charge is 0.459 e. The summed E-state index contributed by atoms with van der Waals surface area (Å²) < 4.78 is 26.0. The minimum absolute atomic E-state index is 0.0304. The quantitative estimate of drug-likeness (QED) is 0.0965. The third kappa shape index (κ3) is 7.42. The van der Waals surface area contributed by atoms with Gasteiger partial charge < -0.3 is 27.9 Å². The zero-order valence-corrected chi connectivity index (χ0v) is 28.1. The molecule has 4 aliphatic heterocycles. The predicted molar refractivity (Wildman–Crippen MR) is 176 cm³/mol. The highest BCUT2D eigenvalue weighted by molar-refractivity contribution is 5.86. The Morgan fingerprint density at radius 3 is 1.85 bits per heavy atom. The number of rotatable bonds is 13. The topological polar surface area (TPSA) is 88.1 Å². The van der Waals surface area contributed by atoms with Gasteiger partial charge in [0.1, 0.15) is 12.6 Å². The Kier molecular flexibility index (Phi) is 10.3. The van der Waals surface area contributed by atoms with Gasteiger partial charge >= 0.3 is 17.9 Å². The average Bonchev–Trinajstić information content (AvgIpc) is 3.73. The highest BCUT2D eigenvalue weighted by Gasteiger charge is 2.57. The molecule has 4 aliphatic rings. The van der Waals surface area contributed by atoms with Crippen molar-refractivity contribution in [3.05, 3.63) is 71.8 Å². The maximum atomic E-state index is 14.5. The van der Waals surface area contributed by atoms with Crippen LogP contribution in [0, 0.1) is 0 Å². The molecule has 3 unspecified atom stereocenters. The lowest BCUT2D eigenvalue weighted by Crippen LogP contribution is -2.60. The van der Waals surface area contributed by atoms with E-state index in [0.29, 0.717) is 36.1 Å². The molecule has 1 spiro atoms. The summed E-state index contributed by atoms with van der Waals surface area (Å²) in [4.78, 5) is 39.5. The fourth-order valence-electron chi connectivity index (χ4n) is 8.88. The number of carbonyl (C=O) groups excluding carboxylic acids is 3. The van der Waals surface area contributed by atoms with E-state index in [4.69, 9.17) is 18.9 Å². The standard InChI is InChI=1S/C38H52N2O7/c1-39(2)24-21-33(27-39)46-36(42)18-10-9-17-35(41)44-28-45-38(29-13-5-3-6-14-29,30-15-7-4-8-16-30)37(43)47-34-25-31-19-20-32(26-34)40(31)22-11-12-23-40/h3-8,13-16,31-34H,9-12,17-28H2,1-2H3/q+2. The van der Waals surface area contributed by atoms with Gasteiger partial charge in [-0.3, -0.25) is 9.59 Å². The molecule has 0 N–H and O–H groups in total. The van der Waals surface area contributed by atoms with E-state index < -0.39 is 24.3 Å². The van der Waals surface area contributed by atoms with Crippen molar-refractivity contribution in [3.8, 4) is 0 Å². The number of nitrogens with zero attached hydrogens (tertiary/aromatic N) is 2. The van der Waals surface area contributed by atoms with E-state index >= 15 is 0 Å². The van der Waals surface area contributed by atoms with Crippen LogP contribution in [0.15, 0.2) is 60.7 Å². The monoisotopic (exact) mass is 648 g/mol. The van der Waals surface area contributed by atoms with Crippen LogP contribution < -0.4 is 0 Å². The van der Waals surface area contributed by atoms with Crippen LogP contribution in [-0.2, 0) is 38.9 Å². The zero-order chi connectivity index (χ0) is 32.9. The first-order valence-electron chi connectivity index (χ1n) is 17.7. The lowest BCUT2D eigenvalue weighted by molar-refractivity contribution is -0.956. The van der Waals surface area contributed by atoms with Crippen molar-refractivity contribution in [2.75, 3.05) is 47.1 Å². The van der Waals surface area contributed by atoms with Gasteiger partial charge in [0.15, 0.2) is 12.9 Å². The highest BCUT2D eigenvalue weighted by Crippen LogP contribution is 2.47. The molecule has 4 heterocycles. The molecule has 3 atom stereocenters. The van der Waals surface area contributed by atoms with E-state index in [2.05, 4.69) is 14.1 Å². The molecule has 0 aromatic heterocycles. The number of esters is 3. The smallest absolute Gasteiger partial charge is 0.348 e. The first-order valence-corrected chi connectivity index (χ1v) is 17.7. The average molecular weight is 649 g/mol. The number of piperidine rings is 1. The van der Waals surface area contributed by atoms with Gasteiger partial charge in [-0.1, -0.05) is 60.7 Å². The fraction of sp³-hybridized carbons (Fsp3) is 0.605. The van der Waals surface area contributed by atoms with Crippen LogP contribution in [0.5, 0.6) is 0 Å². The number of unbranched alkanes of at least 4 members (excludes halogenated alkanes) is 1. The molecule has 0 aliphatic carbocycles. The summed E-state index contributed by atoms with van der Waals surface area (Å²) in [5.74, 6) is -1.14. The van der Waals surface area contributed by atoms with Crippen LogP contribution in [0.1, 0.15) is 81.8 Å². The number of likely N-dealkylation sites (N-methyl/N-ethyl adjacent to an activating group) is 1. The molecule has 9 nitrogen and oxygen atoms in total. The van der Waals surface area contributed by atoms with E-state index in [-0.39, 0.29) is 31.0 Å². The first kappa shape index (κ1) is 33.6. The third-order valence-corrected chi connectivity index (χ3v) is 11.2. The molecule has 6 rings (SSSR count). The fourth-order valence-corrected chi connectivity index (χ4v) is 8.88. The summed E-state index contributed by atoms with van der Waals surface area (Å²) in [5, 5.41) is 0. The van der Waals surface area contributed by atoms with Gasteiger partial charge in [0.2, 0.25) is 5.60 Å². The summed E-state index contributed by atoms with van der Waals surface area (Å²) in [6.45, 7) is 3.93. The van der Waals surface area contributed by atoms with E-state index in [1.54, 1.807) is 0 Å². The van der Waals surface area contributed by atoms with Crippen LogP contribution in [0.4, 0.5) is 0 Å². The van der Waals surface area contributed by atoms with Crippen LogP contribution in [0.3, 0.4) is 0 Å². The SMILES string of the molecule is C[N+]1(C)CCC(OC(=O)CCCCC(=O)OCOC(C(=O)OC2CC3CCC(C2)[N+]32CCCC2)(c2ccccc2)c2ccccc2)C1. The van der Waals surface area contributed by atoms with Gasteiger partial charge in [-0.15, -0.1) is 0 Å². The molecular formula is C38H52N2O7+2. The minimum atomic E-state index is -1.60. The van der Waals surface area contributed by atoms with Crippen LogP contribution >= 0.6 is 0 Å². The Hall–Kier alpha value is -3.27. The summed E-state index contributed by atoms with van der Waals surface area (Å²) in [6, 6.07) is 19.8. The summed E-state index contributed by atoms with van der Waals surface area (Å²) >= 11 is 0. The molecule has 254 valence electrons. The number of likely N-dealkylation sites (tertiary alicyclic amines) is 1. The van der Waals surface area contributed by atoms with Crippen LogP contribution in [0.2, 0.25) is 0 Å². The number of hydrogen-bond acceptors (Lipinski definition) is 7. The van der Waals surface area contributed by atoms with Crippen molar-refractivity contribution in [2.24, 2.45) is 0 Å². The second-order valence-electron chi connectivity index (χ2n) is 14.8. The molecule has 0 amide bonds. The lowest BCUT2D eigenvalue weighted by atomic mass is 9.85. The molecule has 2 bridgehead atoms. The number of benzene rings is 2. The summed E-state index contributed by atoms with van der Waals surface area (Å²) in [5.41, 5.74) is -0.356. The van der Waals surface area contributed by atoms with Gasteiger partial charge in [0, 0.05) is 57.8 Å².